The summed E-state index contributed by atoms with van der Waals surface area (Å²) >= 11 is 0. The minimum Gasteiger partial charge on any atom is -0.368 e. The van der Waals surface area contributed by atoms with Gasteiger partial charge in [0.25, 0.3) is 0 Å². The van der Waals surface area contributed by atoms with E-state index in [-0.39, 0.29) is 5.91 Å². The van der Waals surface area contributed by atoms with Crippen molar-refractivity contribution in [2.24, 2.45) is 5.73 Å². The molecule has 2 saturated carbocycles. The molecule has 2 rings (SSSR count). The van der Waals surface area contributed by atoms with Crippen LogP contribution >= 0.6 is 0 Å². The molecular weight excluding hydrogens is 262 g/mol. The van der Waals surface area contributed by atoms with Gasteiger partial charge in [0.1, 0.15) is 0 Å². The number of carbonyl (C=O) groups excluding carboxylic acids is 1. The van der Waals surface area contributed by atoms with Gasteiger partial charge in [-0.15, -0.1) is 0 Å². The fraction of sp³-hybridized carbons (Fsp3) is 0.941. The third-order valence-corrected chi connectivity index (χ3v) is 5.69. The van der Waals surface area contributed by atoms with Gasteiger partial charge in [-0.2, -0.15) is 0 Å². The molecule has 4 nitrogen and oxygen atoms in total. The number of rotatable bonds is 5. The predicted octanol–water partition coefficient (Wildman–Crippen LogP) is 2.42. The van der Waals surface area contributed by atoms with Crippen molar-refractivity contribution in [2.45, 2.75) is 88.8 Å². The molecule has 2 fully saturated rings. The lowest BCUT2D eigenvalue weighted by atomic mass is 9.77. The van der Waals surface area contributed by atoms with Crippen LogP contribution < -0.4 is 11.1 Å². The molecule has 2 aliphatic carbocycles. The molecule has 21 heavy (non-hydrogen) atoms. The van der Waals surface area contributed by atoms with Crippen molar-refractivity contribution in [1.29, 1.82) is 0 Å². The van der Waals surface area contributed by atoms with E-state index in [0.717, 1.165) is 25.8 Å². The van der Waals surface area contributed by atoms with Gasteiger partial charge >= 0.3 is 0 Å². The monoisotopic (exact) mass is 295 g/mol. The van der Waals surface area contributed by atoms with Gasteiger partial charge in [-0.05, 0) is 52.1 Å². The second kappa shape index (κ2) is 7.59. The van der Waals surface area contributed by atoms with E-state index in [4.69, 9.17) is 5.73 Å². The van der Waals surface area contributed by atoms with Crippen LogP contribution in [0.25, 0.3) is 0 Å². The van der Waals surface area contributed by atoms with Gasteiger partial charge in [0.05, 0.1) is 5.54 Å². The maximum Gasteiger partial charge on any atom is 0.237 e. The largest absolute Gasteiger partial charge is 0.368 e. The molecule has 0 heterocycles. The van der Waals surface area contributed by atoms with E-state index >= 15 is 0 Å². The Labute approximate surface area is 129 Å². The summed E-state index contributed by atoms with van der Waals surface area (Å²) in [5.41, 5.74) is 5.26. The highest BCUT2D eigenvalue weighted by molar-refractivity contribution is 5.84. The van der Waals surface area contributed by atoms with E-state index in [9.17, 15) is 4.79 Å². The van der Waals surface area contributed by atoms with Crippen molar-refractivity contribution in [3.8, 4) is 0 Å². The van der Waals surface area contributed by atoms with E-state index < -0.39 is 5.54 Å². The quantitative estimate of drug-likeness (QED) is 0.766. The van der Waals surface area contributed by atoms with Crippen molar-refractivity contribution >= 4 is 5.91 Å². The summed E-state index contributed by atoms with van der Waals surface area (Å²) in [4.78, 5) is 14.6. The molecule has 0 aromatic heterocycles. The van der Waals surface area contributed by atoms with Gasteiger partial charge in [-0.25, -0.2) is 0 Å². The number of nitrogens with two attached hydrogens (primary N) is 1. The van der Waals surface area contributed by atoms with Crippen molar-refractivity contribution in [3.05, 3.63) is 0 Å². The van der Waals surface area contributed by atoms with E-state index in [1.807, 2.05) is 0 Å². The molecule has 2 atom stereocenters. The predicted molar refractivity (Wildman–Crippen MR) is 87.1 cm³/mol. The topological polar surface area (TPSA) is 58.4 Å². The van der Waals surface area contributed by atoms with Gasteiger partial charge in [0.2, 0.25) is 5.91 Å². The number of hydrogen-bond acceptors (Lipinski definition) is 3. The summed E-state index contributed by atoms with van der Waals surface area (Å²) < 4.78 is 0. The van der Waals surface area contributed by atoms with Gasteiger partial charge in [0.15, 0.2) is 0 Å². The molecule has 0 radical (unpaired) electrons. The Hall–Kier alpha value is -0.610. The lowest BCUT2D eigenvalue weighted by Gasteiger charge is -2.44. The Balaban J connectivity index is 2.03. The molecule has 0 bridgehead atoms. The highest BCUT2D eigenvalue weighted by Gasteiger charge is 2.42. The number of hydrogen-bond donors (Lipinski definition) is 2. The van der Waals surface area contributed by atoms with Crippen LogP contribution in [0.3, 0.4) is 0 Å². The van der Waals surface area contributed by atoms with Crippen LogP contribution in [-0.2, 0) is 4.79 Å². The Kier molecular flexibility index (Phi) is 6.06. The number of carbonyl (C=O) groups is 1. The van der Waals surface area contributed by atoms with Crippen molar-refractivity contribution in [3.63, 3.8) is 0 Å². The number of likely N-dealkylation sites (N-methyl/N-ethyl adjacent to an activating group) is 1. The first-order valence-corrected chi connectivity index (χ1v) is 8.86. The first-order valence-electron chi connectivity index (χ1n) is 8.86. The summed E-state index contributed by atoms with van der Waals surface area (Å²) in [6, 6.07) is 1.19. The lowest BCUT2D eigenvalue weighted by molar-refractivity contribution is -0.126. The second-order valence-electron chi connectivity index (χ2n) is 7.04. The number of nitrogens with zero attached hydrogens (tertiary/aromatic N) is 1. The second-order valence-corrected chi connectivity index (χ2v) is 7.04. The molecule has 4 heteroatoms. The average molecular weight is 295 g/mol. The standard InChI is InChI=1S/C17H33N3O/c1-3-19-17(16(18)21)12-8-11-15(13-17)20(2)14-9-6-4-5-7-10-14/h14-15,19H,3-13H2,1-2H3,(H2,18,21). The van der Waals surface area contributed by atoms with Crippen LogP contribution in [0.1, 0.15) is 71.1 Å². The first kappa shape index (κ1) is 16.8. The molecule has 2 unspecified atom stereocenters. The van der Waals surface area contributed by atoms with Crippen LogP contribution in [0.2, 0.25) is 0 Å². The van der Waals surface area contributed by atoms with E-state index in [1.54, 1.807) is 0 Å². The van der Waals surface area contributed by atoms with E-state index in [0.29, 0.717) is 12.1 Å². The molecule has 0 saturated heterocycles. The Morgan fingerprint density at radius 3 is 2.33 bits per heavy atom. The van der Waals surface area contributed by atoms with Crippen LogP contribution in [-0.4, -0.2) is 42.0 Å². The van der Waals surface area contributed by atoms with Crippen LogP contribution in [0, 0.1) is 0 Å². The summed E-state index contributed by atoms with van der Waals surface area (Å²) in [6.07, 6.45) is 12.2. The summed E-state index contributed by atoms with van der Waals surface area (Å²) in [5.74, 6) is -0.164. The Bertz CT molecular complexity index is 335. The number of primary amides is 1. The minimum atomic E-state index is -0.476. The van der Waals surface area contributed by atoms with Gasteiger partial charge in [0, 0.05) is 12.1 Å². The maximum absolute atomic E-state index is 12.0. The van der Waals surface area contributed by atoms with Crippen LogP contribution in [0.15, 0.2) is 0 Å². The van der Waals surface area contributed by atoms with Crippen LogP contribution in [0.5, 0.6) is 0 Å². The molecule has 1 amide bonds. The number of nitrogens with one attached hydrogen (secondary N) is 1. The van der Waals surface area contributed by atoms with Crippen molar-refractivity contribution in [1.82, 2.24) is 10.2 Å². The van der Waals surface area contributed by atoms with Gasteiger partial charge in [-0.3, -0.25) is 4.79 Å². The molecule has 2 aliphatic rings. The SMILES string of the molecule is CCNC1(C(N)=O)CCCC(N(C)C2CCCCCC2)C1. The van der Waals surface area contributed by atoms with E-state index in [2.05, 4.69) is 24.2 Å². The molecule has 3 N–H and O–H groups in total. The van der Waals surface area contributed by atoms with Crippen LogP contribution in [0.4, 0.5) is 0 Å². The molecule has 0 aromatic rings. The zero-order chi connectivity index (χ0) is 15.3. The zero-order valence-electron chi connectivity index (χ0n) is 13.9. The lowest BCUT2D eigenvalue weighted by Crippen LogP contribution is -2.61. The summed E-state index contributed by atoms with van der Waals surface area (Å²) in [7, 11) is 2.27. The maximum atomic E-state index is 12.0. The van der Waals surface area contributed by atoms with Gasteiger partial charge in [-0.1, -0.05) is 32.6 Å². The van der Waals surface area contributed by atoms with Crippen molar-refractivity contribution < 1.29 is 4.79 Å². The Morgan fingerprint density at radius 1 is 1.14 bits per heavy atom. The fourth-order valence-corrected chi connectivity index (χ4v) is 4.37. The highest BCUT2D eigenvalue weighted by atomic mass is 16.1. The summed E-state index contributed by atoms with van der Waals surface area (Å²) in [6.45, 7) is 2.87. The molecule has 122 valence electrons. The van der Waals surface area contributed by atoms with Gasteiger partial charge < -0.3 is 16.0 Å². The normalized spacial score (nSPS) is 32.0. The zero-order valence-corrected chi connectivity index (χ0v) is 13.9. The number of amides is 1. The molecule has 0 spiro atoms. The fourth-order valence-electron chi connectivity index (χ4n) is 4.37. The highest BCUT2D eigenvalue weighted by Crippen LogP contribution is 2.33. The average Bonchev–Trinajstić information content (AvgIpc) is 2.76. The minimum absolute atomic E-state index is 0.164. The summed E-state index contributed by atoms with van der Waals surface area (Å²) in [5, 5.41) is 3.40. The molecule has 0 aliphatic heterocycles. The van der Waals surface area contributed by atoms with Crippen molar-refractivity contribution in [2.75, 3.05) is 13.6 Å². The third kappa shape index (κ3) is 3.98. The van der Waals surface area contributed by atoms with E-state index in [1.165, 1.54) is 44.9 Å². The Morgan fingerprint density at radius 2 is 1.76 bits per heavy atom. The smallest absolute Gasteiger partial charge is 0.237 e. The molecule has 0 aromatic carbocycles. The third-order valence-electron chi connectivity index (χ3n) is 5.69. The molecular formula is C17H33N3O. The first-order chi connectivity index (χ1) is 10.1.